The van der Waals surface area contributed by atoms with Crippen molar-refractivity contribution in [2.24, 2.45) is 0 Å². The van der Waals surface area contributed by atoms with E-state index in [-0.39, 0.29) is 47.2 Å². The molecule has 13 heavy (non-hydrogen) atoms. The van der Waals surface area contributed by atoms with Crippen LogP contribution >= 0.6 is 0 Å². The van der Waals surface area contributed by atoms with Gasteiger partial charge < -0.3 is 15.1 Å². The van der Waals surface area contributed by atoms with Crippen LogP contribution in [0.25, 0.3) is 0 Å². The minimum absolute atomic E-state index is 0. The minimum atomic E-state index is -2.92. The maximum Gasteiger partial charge on any atom is 1.00 e. The zero-order valence-corrected chi connectivity index (χ0v) is 13.8. The van der Waals surface area contributed by atoms with Gasteiger partial charge in [-0.1, -0.05) is 0 Å². The average molecular weight is 228 g/mol. The predicted octanol–water partition coefficient (Wildman–Crippen LogP) is -4.20. The smallest absolute Gasteiger partial charge is 0.907 e. The molecular weight excluding hydrogens is 210 g/mol. The third-order valence-corrected chi connectivity index (χ3v) is 0. The van der Waals surface area contributed by atoms with Crippen molar-refractivity contribution in [3.63, 3.8) is 0 Å². The van der Waals surface area contributed by atoms with E-state index in [9.17, 15) is 0 Å². The quantitative estimate of drug-likeness (QED) is 0.395. The van der Waals surface area contributed by atoms with Crippen molar-refractivity contribution >= 4 is 24.9 Å². The molecule has 0 spiro atoms. The van der Waals surface area contributed by atoms with Crippen LogP contribution in [0.15, 0.2) is 0 Å². The summed E-state index contributed by atoms with van der Waals surface area (Å²) >= 11 is 0. The molecule has 0 rings (SSSR count). The molecule has 0 aliphatic heterocycles. The molecule has 0 fully saturated rings. The van der Waals surface area contributed by atoms with Gasteiger partial charge in [0.1, 0.15) is 0 Å². The molecule has 72 valence electrons. The van der Waals surface area contributed by atoms with Crippen molar-refractivity contribution in [3.05, 3.63) is 0 Å². The van der Waals surface area contributed by atoms with Crippen LogP contribution in [-0.4, -0.2) is 24.9 Å². The van der Waals surface area contributed by atoms with Crippen LogP contribution in [0.3, 0.4) is 0 Å². The van der Waals surface area contributed by atoms with Crippen LogP contribution in [-0.2, 0) is 0 Å². The van der Waals surface area contributed by atoms with Gasteiger partial charge in [-0.2, -0.15) is 0 Å². The van der Waals surface area contributed by atoms with Crippen LogP contribution < -0.4 is 44.6 Å². The first-order valence-electron chi connectivity index (χ1n) is 3.71. The number of hydrogen-bond donors (Lipinski definition) is 0. The zero-order chi connectivity index (χ0) is 10.7. The van der Waals surface area contributed by atoms with Gasteiger partial charge in [0.15, 0.2) is 0 Å². The minimum Gasteiger partial charge on any atom is -0.907 e. The molecule has 0 aromatic rings. The van der Waals surface area contributed by atoms with Gasteiger partial charge in [-0.25, -0.2) is 0 Å². The molecule has 0 saturated carbocycles. The molecule has 7 heteroatoms. The van der Waals surface area contributed by atoms with Gasteiger partial charge in [0.05, 0.1) is 39.3 Å². The van der Waals surface area contributed by atoms with Gasteiger partial charge in [0.25, 0.3) is 0 Å². The van der Waals surface area contributed by atoms with E-state index >= 15 is 0 Å². The molecule has 0 bridgehead atoms. The van der Waals surface area contributed by atoms with Crippen LogP contribution in [0.5, 0.6) is 0 Å². The van der Waals surface area contributed by atoms with E-state index in [0.717, 1.165) is 0 Å². The molecule has 0 atom stereocenters. The molecule has 0 aromatic carbocycles. The van der Waals surface area contributed by atoms with Gasteiger partial charge >= 0.3 is 47.2 Å². The van der Waals surface area contributed by atoms with Gasteiger partial charge in [0.2, 0.25) is 0 Å². The first-order chi connectivity index (χ1) is 5.20. The summed E-state index contributed by atoms with van der Waals surface area (Å²) in [7, 11) is -2.68. The molecule has 0 amide bonds. The largest absolute Gasteiger partial charge is 1.00 e. The Morgan fingerprint density at radius 2 is 0.692 bits per heavy atom. The Kier molecular flexibility index (Phi) is 35.0. The Morgan fingerprint density at radius 1 is 0.692 bits per heavy atom. The molecule has 0 heterocycles. The van der Waals surface area contributed by atoms with Gasteiger partial charge in [-0.3, -0.25) is 7.32 Å². The summed E-state index contributed by atoms with van der Waals surface area (Å²) < 4.78 is 0. The zero-order valence-electron chi connectivity index (χ0n) is 9.80. The summed E-state index contributed by atoms with van der Waals surface area (Å²) in [6.45, 7) is 13.6. The Balaban J connectivity index is -0.0000000450. The Morgan fingerprint density at radius 3 is 0.692 bits per heavy atom. The van der Waals surface area contributed by atoms with E-state index in [2.05, 4.69) is 39.3 Å². The van der Waals surface area contributed by atoms with Crippen LogP contribution in [0.1, 0.15) is 0 Å². The fraction of sp³-hybridized carbons (Fsp3) is 1.00. The van der Waals surface area contributed by atoms with Crippen molar-refractivity contribution in [1.82, 2.24) is 0 Å². The molecule has 0 radical (unpaired) electrons. The Bertz CT molecular complexity index is 54.4. The average Bonchev–Trinajstić information content (AvgIpc) is 1.54. The second-order valence-corrected chi connectivity index (χ2v) is 9.29. The maximum atomic E-state index is 8.42. The molecular formula is C6H18BNaO3Si2. The van der Waals surface area contributed by atoms with Gasteiger partial charge in [-0.05, 0) is 0 Å². The second kappa shape index (κ2) is 19.0. The number of hydrogen-bond acceptors (Lipinski definition) is 3. The Hall–Kier alpha value is 1.38. The second-order valence-electron chi connectivity index (χ2n) is 3.29. The topological polar surface area (TPSA) is 69.2 Å². The van der Waals surface area contributed by atoms with Crippen molar-refractivity contribution in [2.75, 3.05) is 0 Å². The van der Waals surface area contributed by atoms with E-state index in [0.29, 0.717) is 0 Å². The first kappa shape index (κ1) is 23.9. The SMILES string of the molecule is C[Si+](C)C.C[Si+](C)C.[Na+].[O-]B([O-])[O-]. The van der Waals surface area contributed by atoms with E-state index < -0.39 is 7.32 Å². The van der Waals surface area contributed by atoms with Crippen molar-refractivity contribution < 1.29 is 44.6 Å². The summed E-state index contributed by atoms with van der Waals surface area (Å²) in [4.78, 5) is 0. The van der Waals surface area contributed by atoms with Crippen LogP contribution in [0.2, 0.25) is 39.3 Å². The van der Waals surface area contributed by atoms with E-state index in [1.807, 2.05) is 0 Å². The van der Waals surface area contributed by atoms with E-state index in [1.54, 1.807) is 0 Å². The number of rotatable bonds is 0. The summed E-state index contributed by atoms with van der Waals surface area (Å²) in [6, 6.07) is 0. The molecule has 0 aromatic heterocycles. The molecule has 0 saturated heterocycles. The fourth-order valence-electron chi connectivity index (χ4n) is 0. The van der Waals surface area contributed by atoms with Crippen molar-refractivity contribution in [3.8, 4) is 0 Å². The normalized spacial score (nSPS) is 6.23. The third-order valence-electron chi connectivity index (χ3n) is 0. The predicted molar refractivity (Wildman–Crippen MR) is 52.4 cm³/mol. The summed E-state index contributed by atoms with van der Waals surface area (Å²) in [6.07, 6.45) is 0. The van der Waals surface area contributed by atoms with Crippen molar-refractivity contribution in [1.29, 1.82) is 0 Å². The summed E-state index contributed by atoms with van der Waals surface area (Å²) in [5.41, 5.74) is 0. The standard InChI is InChI=1S/2C3H9Si.BO3.Na/c2*1-4(2)3;2-1(3)4;/h2*1-3H3;;/q2*+1;-3;+1. The summed E-state index contributed by atoms with van der Waals surface area (Å²) in [5, 5.41) is 25.2. The van der Waals surface area contributed by atoms with Crippen LogP contribution in [0.4, 0.5) is 0 Å². The fourth-order valence-corrected chi connectivity index (χ4v) is 0. The molecule has 0 aliphatic rings. The molecule has 3 nitrogen and oxygen atoms in total. The third kappa shape index (κ3) is 911. The summed E-state index contributed by atoms with van der Waals surface area (Å²) in [5.74, 6) is 0. The first-order valence-corrected chi connectivity index (χ1v) is 9.71. The maximum absolute atomic E-state index is 8.42. The molecule has 0 aliphatic carbocycles. The monoisotopic (exact) mass is 228 g/mol. The molecule has 0 N–H and O–H groups in total. The van der Waals surface area contributed by atoms with Crippen LogP contribution in [0, 0.1) is 0 Å². The van der Waals surface area contributed by atoms with Gasteiger partial charge in [-0.15, -0.1) is 0 Å². The van der Waals surface area contributed by atoms with E-state index in [1.165, 1.54) is 0 Å². The van der Waals surface area contributed by atoms with E-state index in [4.69, 9.17) is 15.1 Å². The van der Waals surface area contributed by atoms with Crippen molar-refractivity contribution in [2.45, 2.75) is 39.3 Å². The van der Waals surface area contributed by atoms with Gasteiger partial charge in [0, 0.05) is 0 Å². The molecule has 0 unspecified atom stereocenters. The Labute approximate surface area is 108 Å².